The molecule has 2 rings (SSSR count). The normalized spacial score (nSPS) is 10.4. The number of halogens is 1. The van der Waals surface area contributed by atoms with Gasteiger partial charge in [-0.05, 0) is 28.1 Å². The Hall–Kier alpha value is -1.23. The topological polar surface area (TPSA) is 47.3 Å². The van der Waals surface area contributed by atoms with E-state index in [0.29, 0.717) is 11.9 Å². The Morgan fingerprint density at radius 2 is 2.33 bits per heavy atom. The van der Waals surface area contributed by atoms with E-state index in [1.54, 1.807) is 16.8 Å². The first-order valence-corrected chi connectivity index (χ1v) is 4.06. The van der Waals surface area contributed by atoms with Crippen molar-refractivity contribution >= 4 is 27.9 Å². The standard InChI is InChI=1S/C7H4BrN3O/c8-5-1-2-7-9-6(4-12)10-11(7)3-5/h1-4H. The van der Waals surface area contributed by atoms with Gasteiger partial charge in [-0.25, -0.2) is 9.50 Å². The molecule has 0 fully saturated rings. The lowest BCUT2D eigenvalue weighted by molar-refractivity contribution is 0.111. The first-order chi connectivity index (χ1) is 5.79. The van der Waals surface area contributed by atoms with Crippen LogP contribution in [0.1, 0.15) is 10.6 Å². The average Bonchev–Trinajstić information content (AvgIpc) is 2.46. The molecule has 0 aliphatic heterocycles. The summed E-state index contributed by atoms with van der Waals surface area (Å²) in [6.45, 7) is 0. The fraction of sp³-hybridized carbons (Fsp3) is 0. The van der Waals surface area contributed by atoms with Crippen LogP contribution in [0.3, 0.4) is 0 Å². The summed E-state index contributed by atoms with van der Waals surface area (Å²) in [6.07, 6.45) is 2.37. The molecule has 5 heteroatoms. The van der Waals surface area contributed by atoms with Crippen LogP contribution in [-0.4, -0.2) is 20.9 Å². The van der Waals surface area contributed by atoms with E-state index in [-0.39, 0.29) is 5.82 Å². The third-order valence-corrected chi connectivity index (χ3v) is 1.89. The summed E-state index contributed by atoms with van der Waals surface area (Å²) >= 11 is 3.29. The van der Waals surface area contributed by atoms with Gasteiger partial charge in [0.2, 0.25) is 5.82 Å². The molecular weight excluding hydrogens is 222 g/mol. The number of carbonyl (C=O) groups is 1. The number of hydrogen-bond donors (Lipinski definition) is 0. The first kappa shape index (κ1) is 7.42. The second-order valence-corrected chi connectivity index (χ2v) is 3.15. The highest BCUT2D eigenvalue weighted by Gasteiger charge is 2.00. The zero-order valence-electron chi connectivity index (χ0n) is 5.94. The minimum Gasteiger partial charge on any atom is -0.294 e. The quantitative estimate of drug-likeness (QED) is 0.688. The highest BCUT2D eigenvalue weighted by Crippen LogP contribution is 2.09. The maximum atomic E-state index is 10.3. The Bertz CT molecular complexity index is 437. The predicted octanol–water partition coefficient (Wildman–Crippen LogP) is 1.30. The molecule has 0 bridgehead atoms. The van der Waals surface area contributed by atoms with Gasteiger partial charge in [0, 0.05) is 10.7 Å². The average molecular weight is 226 g/mol. The van der Waals surface area contributed by atoms with Gasteiger partial charge >= 0.3 is 0 Å². The van der Waals surface area contributed by atoms with Crippen LogP contribution in [0.25, 0.3) is 5.65 Å². The van der Waals surface area contributed by atoms with Crippen molar-refractivity contribution in [2.45, 2.75) is 0 Å². The van der Waals surface area contributed by atoms with E-state index in [4.69, 9.17) is 0 Å². The highest BCUT2D eigenvalue weighted by molar-refractivity contribution is 9.10. The van der Waals surface area contributed by atoms with Crippen LogP contribution in [0.4, 0.5) is 0 Å². The van der Waals surface area contributed by atoms with E-state index in [9.17, 15) is 4.79 Å². The largest absolute Gasteiger partial charge is 0.294 e. The first-order valence-electron chi connectivity index (χ1n) is 3.27. The van der Waals surface area contributed by atoms with Crippen LogP contribution in [0.2, 0.25) is 0 Å². The third kappa shape index (κ3) is 1.12. The molecule has 0 saturated heterocycles. The number of aldehydes is 1. The molecule has 2 aromatic heterocycles. The summed E-state index contributed by atoms with van der Waals surface area (Å²) in [6, 6.07) is 3.63. The van der Waals surface area contributed by atoms with Crippen molar-refractivity contribution in [3.05, 3.63) is 28.6 Å². The van der Waals surface area contributed by atoms with E-state index in [1.807, 2.05) is 6.07 Å². The molecule has 0 atom stereocenters. The van der Waals surface area contributed by atoms with Crippen LogP contribution in [0.15, 0.2) is 22.8 Å². The summed E-state index contributed by atoms with van der Waals surface area (Å²) in [5.41, 5.74) is 0.667. The molecule has 0 radical (unpaired) electrons. The molecule has 2 aromatic rings. The molecule has 0 aliphatic carbocycles. The molecule has 0 saturated carbocycles. The van der Waals surface area contributed by atoms with Crippen molar-refractivity contribution < 1.29 is 4.79 Å². The van der Waals surface area contributed by atoms with Crippen molar-refractivity contribution in [2.24, 2.45) is 0 Å². The summed E-state index contributed by atoms with van der Waals surface area (Å²) in [5, 5.41) is 3.90. The number of hydrogen-bond acceptors (Lipinski definition) is 3. The van der Waals surface area contributed by atoms with Crippen LogP contribution in [-0.2, 0) is 0 Å². The van der Waals surface area contributed by atoms with E-state index in [2.05, 4.69) is 26.0 Å². The van der Waals surface area contributed by atoms with Gasteiger partial charge < -0.3 is 0 Å². The molecule has 0 aliphatic rings. The number of nitrogens with zero attached hydrogens (tertiary/aromatic N) is 3. The Balaban J connectivity index is 2.75. The molecule has 0 aromatic carbocycles. The number of fused-ring (bicyclic) bond motifs is 1. The van der Waals surface area contributed by atoms with Crippen LogP contribution < -0.4 is 0 Å². The zero-order valence-corrected chi connectivity index (χ0v) is 7.52. The summed E-state index contributed by atoms with van der Waals surface area (Å²) in [5.74, 6) is 0.202. The monoisotopic (exact) mass is 225 g/mol. The molecule has 0 amide bonds. The smallest absolute Gasteiger partial charge is 0.214 e. The van der Waals surface area contributed by atoms with Gasteiger partial charge in [0.25, 0.3) is 0 Å². The van der Waals surface area contributed by atoms with Crippen molar-refractivity contribution in [3.8, 4) is 0 Å². The maximum Gasteiger partial charge on any atom is 0.214 e. The van der Waals surface area contributed by atoms with Gasteiger partial charge in [0.15, 0.2) is 11.9 Å². The Labute approximate surface area is 76.4 Å². The van der Waals surface area contributed by atoms with Crippen molar-refractivity contribution in [3.63, 3.8) is 0 Å². The fourth-order valence-corrected chi connectivity index (χ4v) is 1.25. The molecule has 0 spiro atoms. The Morgan fingerprint density at radius 3 is 3.08 bits per heavy atom. The SMILES string of the molecule is O=Cc1nc2ccc(Br)cn2n1. The molecule has 60 valence electrons. The summed E-state index contributed by atoms with van der Waals surface area (Å²) < 4.78 is 2.45. The molecule has 2 heterocycles. The summed E-state index contributed by atoms with van der Waals surface area (Å²) in [4.78, 5) is 14.2. The lowest BCUT2D eigenvalue weighted by atomic mass is 10.5. The minimum absolute atomic E-state index is 0.202. The van der Waals surface area contributed by atoms with E-state index < -0.39 is 0 Å². The molecule has 4 nitrogen and oxygen atoms in total. The second kappa shape index (κ2) is 2.67. The fourth-order valence-electron chi connectivity index (χ4n) is 0.925. The number of carbonyl (C=O) groups excluding carboxylic acids is 1. The number of rotatable bonds is 1. The van der Waals surface area contributed by atoms with Gasteiger partial charge in [-0.15, -0.1) is 5.10 Å². The molecule has 0 unspecified atom stereocenters. The third-order valence-electron chi connectivity index (χ3n) is 1.42. The van der Waals surface area contributed by atoms with Crippen LogP contribution in [0.5, 0.6) is 0 Å². The minimum atomic E-state index is 0.202. The lowest BCUT2D eigenvalue weighted by Crippen LogP contribution is -1.86. The van der Waals surface area contributed by atoms with Crippen molar-refractivity contribution in [1.29, 1.82) is 0 Å². The summed E-state index contributed by atoms with van der Waals surface area (Å²) in [7, 11) is 0. The molecular formula is C7H4BrN3O. The lowest BCUT2D eigenvalue weighted by Gasteiger charge is -1.89. The Morgan fingerprint density at radius 1 is 1.50 bits per heavy atom. The van der Waals surface area contributed by atoms with Crippen LogP contribution in [0, 0.1) is 0 Å². The van der Waals surface area contributed by atoms with E-state index in [0.717, 1.165) is 4.47 Å². The van der Waals surface area contributed by atoms with Gasteiger partial charge in [0.1, 0.15) is 0 Å². The van der Waals surface area contributed by atoms with Gasteiger partial charge in [0.05, 0.1) is 0 Å². The van der Waals surface area contributed by atoms with Gasteiger partial charge in [-0.3, -0.25) is 4.79 Å². The van der Waals surface area contributed by atoms with E-state index >= 15 is 0 Å². The van der Waals surface area contributed by atoms with Crippen LogP contribution >= 0.6 is 15.9 Å². The second-order valence-electron chi connectivity index (χ2n) is 2.24. The zero-order chi connectivity index (χ0) is 8.55. The number of aromatic nitrogens is 3. The maximum absolute atomic E-state index is 10.3. The Kier molecular flexibility index (Phi) is 1.65. The van der Waals surface area contributed by atoms with E-state index in [1.165, 1.54) is 0 Å². The number of pyridine rings is 1. The molecule has 0 N–H and O–H groups in total. The highest BCUT2D eigenvalue weighted by atomic mass is 79.9. The van der Waals surface area contributed by atoms with Crippen molar-refractivity contribution in [2.75, 3.05) is 0 Å². The predicted molar refractivity (Wildman–Crippen MR) is 46.1 cm³/mol. The molecule has 12 heavy (non-hydrogen) atoms. The van der Waals surface area contributed by atoms with Crippen molar-refractivity contribution in [1.82, 2.24) is 14.6 Å². The van der Waals surface area contributed by atoms with Gasteiger partial charge in [-0.2, -0.15) is 0 Å². The van der Waals surface area contributed by atoms with Gasteiger partial charge in [-0.1, -0.05) is 0 Å².